The normalized spacial score (nSPS) is 12.9. The molecule has 3 rings (SSSR count). The number of halogens is 1. The Morgan fingerprint density at radius 1 is 1.20 bits per heavy atom. The van der Waals surface area contributed by atoms with Crippen LogP contribution in [0.25, 0.3) is 10.1 Å². The number of hydrogen-bond acceptors (Lipinski definition) is 3. The molecule has 0 amide bonds. The van der Waals surface area contributed by atoms with E-state index in [1.165, 1.54) is 24.3 Å². The Bertz CT molecular complexity index is 701. The fourth-order valence-electron chi connectivity index (χ4n) is 2.45. The molecule has 0 spiro atoms. The number of hydrogen-bond donors (Lipinski definition) is 1. The fourth-order valence-corrected chi connectivity index (χ4v) is 4.92. The Labute approximate surface area is 135 Å². The predicted molar refractivity (Wildman–Crippen MR) is 94.0 cm³/mol. The Kier molecular flexibility index (Phi) is 4.56. The van der Waals surface area contributed by atoms with Crippen LogP contribution in [-0.2, 0) is 6.42 Å². The zero-order valence-corrected chi connectivity index (χ0v) is 14.4. The van der Waals surface area contributed by atoms with Gasteiger partial charge in [-0.3, -0.25) is 0 Å². The molecule has 1 aromatic carbocycles. The van der Waals surface area contributed by atoms with Gasteiger partial charge in [0.25, 0.3) is 0 Å². The monoisotopic (exact) mass is 365 g/mol. The van der Waals surface area contributed by atoms with E-state index in [0.29, 0.717) is 6.04 Å². The molecule has 0 saturated heterocycles. The first kappa shape index (κ1) is 14.3. The zero-order chi connectivity index (χ0) is 13.9. The average Bonchev–Trinajstić information content (AvgIpc) is 3.05. The predicted octanol–water partition coefficient (Wildman–Crippen LogP) is 5.62. The molecule has 1 N–H and O–H groups in total. The minimum absolute atomic E-state index is 0.398. The Balaban J connectivity index is 1.90. The van der Waals surface area contributed by atoms with Crippen LogP contribution in [0.4, 0.5) is 0 Å². The van der Waals surface area contributed by atoms with Gasteiger partial charge >= 0.3 is 0 Å². The van der Waals surface area contributed by atoms with Gasteiger partial charge in [-0.2, -0.15) is 0 Å². The van der Waals surface area contributed by atoms with E-state index in [1.54, 1.807) is 0 Å². The van der Waals surface area contributed by atoms with E-state index >= 15 is 0 Å². The minimum Gasteiger partial charge on any atom is -0.309 e. The van der Waals surface area contributed by atoms with Crippen LogP contribution in [0.3, 0.4) is 0 Å². The van der Waals surface area contributed by atoms with Gasteiger partial charge in [-0.15, -0.1) is 22.7 Å². The molecule has 1 unspecified atom stereocenters. The Morgan fingerprint density at radius 2 is 2.05 bits per heavy atom. The SMILES string of the molecule is CCNC(Cc1csc2ccccc12)c1ccc(Br)s1. The molecule has 3 aromatic rings. The topological polar surface area (TPSA) is 12.0 Å². The average molecular weight is 366 g/mol. The van der Waals surface area contributed by atoms with E-state index in [-0.39, 0.29) is 0 Å². The Morgan fingerprint density at radius 3 is 2.80 bits per heavy atom. The van der Waals surface area contributed by atoms with Crippen LogP contribution < -0.4 is 5.32 Å². The van der Waals surface area contributed by atoms with Crippen LogP contribution >= 0.6 is 38.6 Å². The molecule has 0 aliphatic carbocycles. The van der Waals surface area contributed by atoms with Crippen molar-refractivity contribution in [3.8, 4) is 0 Å². The molecular formula is C16H16BrNS2. The van der Waals surface area contributed by atoms with E-state index in [4.69, 9.17) is 0 Å². The lowest BCUT2D eigenvalue weighted by molar-refractivity contribution is 0.560. The molecule has 0 bridgehead atoms. The maximum Gasteiger partial charge on any atom is 0.0701 e. The van der Waals surface area contributed by atoms with Gasteiger partial charge in [-0.1, -0.05) is 25.1 Å². The number of likely N-dealkylation sites (N-methyl/N-ethyl adjacent to an activating group) is 1. The third-order valence-electron chi connectivity index (χ3n) is 3.37. The van der Waals surface area contributed by atoms with E-state index < -0.39 is 0 Å². The summed E-state index contributed by atoms with van der Waals surface area (Å²) in [6.45, 7) is 3.16. The lowest BCUT2D eigenvalue weighted by Gasteiger charge is -2.16. The highest BCUT2D eigenvalue weighted by molar-refractivity contribution is 9.11. The molecule has 2 heterocycles. The third kappa shape index (κ3) is 2.98. The molecule has 1 atom stereocenters. The smallest absolute Gasteiger partial charge is 0.0701 e. The fraction of sp³-hybridized carbons (Fsp3) is 0.250. The van der Waals surface area contributed by atoms with Crippen molar-refractivity contribution in [2.75, 3.05) is 6.54 Å². The molecule has 0 radical (unpaired) electrons. The van der Waals surface area contributed by atoms with Crippen LogP contribution in [0.1, 0.15) is 23.4 Å². The van der Waals surface area contributed by atoms with Crippen molar-refractivity contribution < 1.29 is 0 Å². The molecule has 0 fully saturated rings. The number of rotatable bonds is 5. The van der Waals surface area contributed by atoms with Crippen LogP contribution in [0.5, 0.6) is 0 Å². The van der Waals surface area contributed by atoms with Gasteiger partial charge in [0, 0.05) is 15.6 Å². The summed E-state index contributed by atoms with van der Waals surface area (Å²) in [5.41, 5.74) is 1.45. The van der Waals surface area contributed by atoms with E-state index in [1.807, 2.05) is 22.7 Å². The summed E-state index contributed by atoms with van der Waals surface area (Å²) in [5, 5.41) is 7.31. The second-order valence-corrected chi connectivity index (χ2v) is 8.12. The summed E-state index contributed by atoms with van der Waals surface area (Å²) in [5.74, 6) is 0. The number of fused-ring (bicyclic) bond motifs is 1. The van der Waals surface area contributed by atoms with Crippen molar-refractivity contribution in [2.24, 2.45) is 0 Å². The van der Waals surface area contributed by atoms with Crippen LogP contribution in [0.15, 0.2) is 45.6 Å². The molecule has 20 heavy (non-hydrogen) atoms. The quantitative estimate of drug-likeness (QED) is 0.618. The standard InChI is InChI=1S/C16H16BrNS2/c1-2-18-13(15-7-8-16(17)20-15)9-11-10-19-14-6-4-3-5-12(11)14/h3-8,10,13,18H,2,9H2,1H3. The van der Waals surface area contributed by atoms with E-state index in [9.17, 15) is 0 Å². The zero-order valence-electron chi connectivity index (χ0n) is 11.2. The summed E-state index contributed by atoms with van der Waals surface area (Å²) >= 11 is 7.22. The summed E-state index contributed by atoms with van der Waals surface area (Å²) in [4.78, 5) is 1.40. The van der Waals surface area contributed by atoms with E-state index in [0.717, 1.165) is 13.0 Å². The second kappa shape index (κ2) is 6.39. The lowest BCUT2D eigenvalue weighted by atomic mass is 10.0. The van der Waals surface area contributed by atoms with Crippen LogP contribution in [0, 0.1) is 0 Å². The first-order valence-electron chi connectivity index (χ1n) is 6.71. The van der Waals surface area contributed by atoms with Gasteiger partial charge in [0.05, 0.1) is 3.79 Å². The maximum absolute atomic E-state index is 3.61. The summed E-state index contributed by atoms with van der Waals surface area (Å²) < 4.78 is 2.58. The Hall–Kier alpha value is -0.680. The summed E-state index contributed by atoms with van der Waals surface area (Å²) in [7, 11) is 0. The molecule has 4 heteroatoms. The molecule has 1 nitrogen and oxygen atoms in total. The van der Waals surface area contributed by atoms with Crippen LogP contribution in [-0.4, -0.2) is 6.54 Å². The summed E-state index contributed by atoms with van der Waals surface area (Å²) in [6.07, 6.45) is 1.05. The van der Waals surface area contributed by atoms with Crippen LogP contribution in [0.2, 0.25) is 0 Å². The minimum atomic E-state index is 0.398. The second-order valence-electron chi connectivity index (χ2n) is 4.71. The lowest BCUT2D eigenvalue weighted by Crippen LogP contribution is -2.21. The highest BCUT2D eigenvalue weighted by Crippen LogP contribution is 2.33. The number of nitrogens with one attached hydrogen (secondary N) is 1. The van der Waals surface area contributed by atoms with Crippen molar-refractivity contribution >= 4 is 48.7 Å². The molecule has 0 saturated carbocycles. The third-order valence-corrected chi connectivity index (χ3v) is 6.12. The van der Waals surface area contributed by atoms with Crippen molar-refractivity contribution in [1.29, 1.82) is 0 Å². The van der Waals surface area contributed by atoms with Gasteiger partial charge in [0.1, 0.15) is 0 Å². The van der Waals surface area contributed by atoms with Gasteiger partial charge in [0.2, 0.25) is 0 Å². The molecule has 0 aliphatic heterocycles. The number of benzene rings is 1. The first-order valence-corrected chi connectivity index (χ1v) is 9.20. The highest BCUT2D eigenvalue weighted by Gasteiger charge is 2.15. The molecule has 104 valence electrons. The molecular weight excluding hydrogens is 350 g/mol. The first-order chi connectivity index (χ1) is 9.78. The summed E-state index contributed by atoms with van der Waals surface area (Å²) in [6, 6.07) is 13.4. The van der Waals surface area contributed by atoms with Crippen molar-refractivity contribution in [3.63, 3.8) is 0 Å². The van der Waals surface area contributed by atoms with Gasteiger partial charge in [-0.05, 0) is 63.4 Å². The highest BCUT2D eigenvalue weighted by atomic mass is 79.9. The molecule has 0 aliphatic rings. The van der Waals surface area contributed by atoms with Crippen molar-refractivity contribution in [1.82, 2.24) is 5.32 Å². The maximum atomic E-state index is 3.61. The van der Waals surface area contributed by atoms with Gasteiger partial charge in [0.15, 0.2) is 0 Å². The van der Waals surface area contributed by atoms with Crippen molar-refractivity contribution in [2.45, 2.75) is 19.4 Å². The largest absolute Gasteiger partial charge is 0.309 e. The molecule has 2 aromatic heterocycles. The van der Waals surface area contributed by atoms with Gasteiger partial charge < -0.3 is 5.32 Å². The van der Waals surface area contributed by atoms with E-state index in [2.05, 4.69) is 69.9 Å². The van der Waals surface area contributed by atoms with Gasteiger partial charge in [-0.25, -0.2) is 0 Å². The number of thiophene rings is 2. The van der Waals surface area contributed by atoms with Crippen molar-refractivity contribution in [3.05, 3.63) is 56.0 Å².